The fourth-order valence-electron chi connectivity index (χ4n) is 1.17. The second-order valence-electron chi connectivity index (χ2n) is 2.50. The lowest BCUT2D eigenvalue weighted by molar-refractivity contribution is 1.12. The Morgan fingerprint density at radius 3 is 3.08 bits per heavy atom. The Labute approximate surface area is 74.6 Å². The van der Waals surface area contributed by atoms with Crippen LogP contribution in [0.2, 0.25) is 0 Å². The van der Waals surface area contributed by atoms with E-state index in [1.807, 2.05) is 18.2 Å². The van der Waals surface area contributed by atoms with Gasteiger partial charge in [-0.2, -0.15) is 5.10 Å². The minimum atomic E-state index is 0.393. The molecule has 2 rings (SSSR count). The van der Waals surface area contributed by atoms with Crippen molar-refractivity contribution in [2.45, 2.75) is 0 Å². The minimum Gasteiger partial charge on any atom is -0.389 e. The van der Waals surface area contributed by atoms with Gasteiger partial charge in [-0.05, 0) is 6.07 Å². The van der Waals surface area contributed by atoms with Gasteiger partial charge in [0.15, 0.2) is 0 Å². The zero-order valence-corrected chi connectivity index (χ0v) is 7.06. The van der Waals surface area contributed by atoms with Crippen molar-refractivity contribution in [3.05, 3.63) is 30.0 Å². The lowest BCUT2D eigenvalue weighted by atomic mass is 10.1. The summed E-state index contributed by atoms with van der Waals surface area (Å²) in [7, 11) is 0. The molecule has 1 heterocycles. The van der Waals surface area contributed by atoms with E-state index < -0.39 is 0 Å². The van der Waals surface area contributed by atoms with Crippen molar-refractivity contribution in [1.82, 2.24) is 10.2 Å². The van der Waals surface area contributed by atoms with Crippen molar-refractivity contribution in [3.63, 3.8) is 0 Å². The number of aromatic nitrogens is 2. The number of aromatic amines is 1. The number of nitrogens with two attached hydrogens (primary N) is 1. The smallest absolute Gasteiger partial charge is 0.106 e. The van der Waals surface area contributed by atoms with Gasteiger partial charge in [-0.15, -0.1) is 0 Å². The van der Waals surface area contributed by atoms with E-state index in [2.05, 4.69) is 10.2 Å². The van der Waals surface area contributed by atoms with Crippen LogP contribution in [-0.2, 0) is 0 Å². The fourth-order valence-corrected chi connectivity index (χ4v) is 1.34. The van der Waals surface area contributed by atoms with Crippen molar-refractivity contribution >= 4 is 28.1 Å². The van der Waals surface area contributed by atoms with E-state index >= 15 is 0 Å². The van der Waals surface area contributed by atoms with Crippen LogP contribution in [0.25, 0.3) is 10.9 Å². The molecular formula is C8H7N3S. The highest BCUT2D eigenvalue weighted by molar-refractivity contribution is 7.80. The maximum atomic E-state index is 5.52. The van der Waals surface area contributed by atoms with Crippen LogP contribution in [0.4, 0.5) is 0 Å². The molecule has 60 valence electrons. The van der Waals surface area contributed by atoms with Gasteiger partial charge in [-0.25, -0.2) is 0 Å². The van der Waals surface area contributed by atoms with Gasteiger partial charge in [-0.1, -0.05) is 24.4 Å². The normalized spacial score (nSPS) is 10.3. The molecule has 0 aliphatic heterocycles. The first-order chi connectivity index (χ1) is 5.79. The first-order valence-corrected chi connectivity index (χ1v) is 3.92. The van der Waals surface area contributed by atoms with Gasteiger partial charge >= 0.3 is 0 Å². The molecule has 3 N–H and O–H groups in total. The Balaban J connectivity index is 2.82. The quantitative estimate of drug-likeness (QED) is 0.643. The number of thiocarbonyl (C=S) groups is 1. The van der Waals surface area contributed by atoms with E-state index in [1.165, 1.54) is 0 Å². The number of para-hydroxylation sites is 1. The average Bonchev–Trinajstić information content (AvgIpc) is 2.49. The largest absolute Gasteiger partial charge is 0.389 e. The molecular weight excluding hydrogens is 170 g/mol. The molecule has 0 spiro atoms. The van der Waals surface area contributed by atoms with Gasteiger partial charge in [0.05, 0.1) is 11.7 Å². The molecule has 0 amide bonds. The maximum absolute atomic E-state index is 5.52. The molecule has 0 saturated carbocycles. The van der Waals surface area contributed by atoms with Crippen molar-refractivity contribution in [2.24, 2.45) is 5.73 Å². The predicted molar refractivity (Wildman–Crippen MR) is 52.0 cm³/mol. The SMILES string of the molecule is NC(=S)c1cccc2cn[nH]c12. The summed E-state index contributed by atoms with van der Waals surface area (Å²) in [5, 5.41) is 7.78. The third kappa shape index (κ3) is 0.967. The van der Waals surface area contributed by atoms with Crippen LogP contribution in [0.3, 0.4) is 0 Å². The number of H-pyrrole nitrogens is 1. The van der Waals surface area contributed by atoms with E-state index in [9.17, 15) is 0 Å². The van der Waals surface area contributed by atoms with E-state index in [1.54, 1.807) is 6.20 Å². The monoisotopic (exact) mass is 177 g/mol. The highest BCUT2D eigenvalue weighted by Gasteiger charge is 2.03. The first kappa shape index (κ1) is 7.24. The van der Waals surface area contributed by atoms with E-state index in [0.29, 0.717) is 4.99 Å². The molecule has 0 bridgehead atoms. The Morgan fingerprint density at radius 2 is 2.33 bits per heavy atom. The predicted octanol–water partition coefficient (Wildman–Crippen LogP) is 1.20. The molecule has 1 aromatic carbocycles. The highest BCUT2D eigenvalue weighted by Crippen LogP contribution is 2.14. The first-order valence-electron chi connectivity index (χ1n) is 3.51. The summed E-state index contributed by atoms with van der Waals surface area (Å²) < 4.78 is 0. The summed E-state index contributed by atoms with van der Waals surface area (Å²) in [6, 6.07) is 5.75. The van der Waals surface area contributed by atoms with Crippen LogP contribution in [0.5, 0.6) is 0 Å². The molecule has 0 aliphatic carbocycles. The number of nitrogens with zero attached hydrogens (tertiary/aromatic N) is 1. The minimum absolute atomic E-state index is 0.393. The number of hydrogen-bond acceptors (Lipinski definition) is 2. The topological polar surface area (TPSA) is 54.7 Å². The number of nitrogens with one attached hydrogen (secondary N) is 1. The van der Waals surface area contributed by atoms with Crippen molar-refractivity contribution < 1.29 is 0 Å². The zero-order valence-electron chi connectivity index (χ0n) is 6.24. The van der Waals surface area contributed by atoms with Crippen LogP contribution < -0.4 is 5.73 Å². The van der Waals surface area contributed by atoms with Gasteiger partial charge in [0, 0.05) is 10.9 Å². The van der Waals surface area contributed by atoms with Crippen molar-refractivity contribution in [3.8, 4) is 0 Å². The third-order valence-electron chi connectivity index (χ3n) is 1.74. The Morgan fingerprint density at radius 1 is 1.50 bits per heavy atom. The summed E-state index contributed by atoms with van der Waals surface area (Å²) in [6.45, 7) is 0. The molecule has 4 heteroatoms. The van der Waals surface area contributed by atoms with Crippen LogP contribution in [0, 0.1) is 0 Å². The summed E-state index contributed by atoms with van der Waals surface area (Å²) >= 11 is 4.89. The lowest BCUT2D eigenvalue weighted by Crippen LogP contribution is -2.09. The van der Waals surface area contributed by atoms with Crippen molar-refractivity contribution in [1.29, 1.82) is 0 Å². The van der Waals surface area contributed by atoms with E-state index in [0.717, 1.165) is 16.5 Å². The van der Waals surface area contributed by atoms with Gasteiger partial charge in [0.1, 0.15) is 4.99 Å². The van der Waals surface area contributed by atoms with Crippen molar-refractivity contribution in [2.75, 3.05) is 0 Å². The maximum Gasteiger partial charge on any atom is 0.106 e. The molecule has 2 aromatic rings. The molecule has 1 aromatic heterocycles. The summed E-state index contributed by atoms with van der Waals surface area (Å²) in [5.41, 5.74) is 7.28. The van der Waals surface area contributed by atoms with Gasteiger partial charge in [-0.3, -0.25) is 5.10 Å². The van der Waals surface area contributed by atoms with E-state index in [4.69, 9.17) is 18.0 Å². The molecule has 0 atom stereocenters. The van der Waals surface area contributed by atoms with Gasteiger partial charge in [0.25, 0.3) is 0 Å². The van der Waals surface area contributed by atoms with Gasteiger partial charge in [0.2, 0.25) is 0 Å². The zero-order chi connectivity index (χ0) is 8.55. The molecule has 0 saturated heterocycles. The second kappa shape index (κ2) is 2.57. The number of fused-ring (bicyclic) bond motifs is 1. The van der Waals surface area contributed by atoms with Crippen LogP contribution in [-0.4, -0.2) is 15.2 Å². The van der Waals surface area contributed by atoms with Gasteiger partial charge < -0.3 is 5.73 Å². The van der Waals surface area contributed by atoms with Crippen LogP contribution in [0.1, 0.15) is 5.56 Å². The summed E-state index contributed by atoms with van der Waals surface area (Å²) in [6.07, 6.45) is 1.75. The fraction of sp³-hybridized carbons (Fsp3) is 0. The highest BCUT2D eigenvalue weighted by atomic mass is 32.1. The summed E-state index contributed by atoms with van der Waals surface area (Å²) in [4.78, 5) is 0.393. The number of benzene rings is 1. The standard InChI is InChI=1S/C8H7N3S/c9-8(12)6-3-1-2-5-4-10-11-7(5)6/h1-4H,(H2,9,12)(H,10,11). The lowest BCUT2D eigenvalue weighted by Gasteiger charge is -1.97. The Bertz CT molecular complexity index is 433. The average molecular weight is 177 g/mol. The van der Waals surface area contributed by atoms with Crippen LogP contribution >= 0.6 is 12.2 Å². The number of rotatable bonds is 1. The second-order valence-corrected chi connectivity index (χ2v) is 2.94. The molecule has 3 nitrogen and oxygen atoms in total. The summed E-state index contributed by atoms with van der Waals surface area (Å²) in [5.74, 6) is 0. The Hall–Kier alpha value is -1.42. The molecule has 12 heavy (non-hydrogen) atoms. The third-order valence-corrected chi connectivity index (χ3v) is 1.96. The molecule has 0 unspecified atom stereocenters. The number of hydrogen-bond donors (Lipinski definition) is 2. The van der Waals surface area contributed by atoms with E-state index in [-0.39, 0.29) is 0 Å². The molecule has 0 radical (unpaired) electrons. The Kier molecular flexibility index (Phi) is 1.55. The molecule has 0 aliphatic rings. The molecule has 0 fully saturated rings. The van der Waals surface area contributed by atoms with Crippen LogP contribution in [0.15, 0.2) is 24.4 Å².